The second kappa shape index (κ2) is 8.96. The molecule has 2 unspecified atom stereocenters. The number of urea groups is 1. The highest BCUT2D eigenvalue weighted by Crippen LogP contribution is 2.56. The number of benzene rings is 2. The van der Waals surface area contributed by atoms with Crippen LogP contribution < -0.4 is 10.6 Å². The Morgan fingerprint density at radius 2 is 2.09 bits per heavy atom. The van der Waals surface area contributed by atoms with Gasteiger partial charge in [-0.2, -0.15) is 0 Å². The number of piperidine rings is 1. The fourth-order valence-electron chi connectivity index (χ4n) is 5.78. The Bertz CT molecular complexity index is 1180. The topological polar surface area (TPSA) is 94.1 Å². The average Bonchev–Trinajstić information content (AvgIpc) is 3.24. The normalized spacial score (nSPS) is 27.0. The molecule has 8 nitrogen and oxygen atoms in total. The number of nitrogens with zero attached hydrogens (tertiary/aromatic N) is 2. The lowest BCUT2D eigenvalue weighted by Gasteiger charge is -2.48. The van der Waals surface area contributed by atoms with Crippen molar-refractivity contribution in [3.63, 3.8) is 0 Å². The van der Waals surface area contributed by atoms with Gasteiger partial charge in [0.2, 0.25) is 0 Å². The third kappa shape index (κ3) is 3.82. The molecule has 0 saturated carbocycles. The Balaban J connectivity index is 1.54. The van der Waals surface area contributed by atoms with Crippen molar-refractivity contribution in [2.24, 2.45) is 0 Å². The van der Waals surface area contributed by atoms with Crippen LogP contribution in [0.15, 0.2) is 36.4 Å². The summed E-state index contributed by atoms with van der Waals surface area (Å²) in [5.74, 6) is -0.917. The Labute approximate surface area is 208 Å². The zero-order chi connectivity index (χ0) is 24.9. The minimum absolute atomic E-state index is 0.0188. The number of phenolic OH excluding ortho intramolecular Hbond substituents is 1. The van der Waals surface area contributed by atoms with E-state index in [0.717, 1.165) is 5.56 Å². The number of amides is 3. The molecule has 4 atom stereocenters. The van der Waals surface area contributed by atoms with Crippen molar-refractivity contribution in [2.75, 3.05) is 38.7 Å². The third-order valence-electron chi connectivity index (χ3n) is 7.36. The number of carbonyl (C=O) groups is 2. The van der Waals surface area contributed by atoms with Crippen LogP contribution >= 0.6 is 11.6 Å². The van der Waals surface area contributed by atoms with Crippen LogP contribution in [0.2, 0.25) is 5.02 Å². The lowest BCUT2D eigenvalue weighted by atomic mass is 9.72. The largest absolute Gasteiger partial charge is 0.508 e. The van der Waals surface area contributed by atoms with E-state index >= 15 is 0 Å². The highest BCUT2D eigenvalue weighted by molar-refractivity contribution is 6.31. The van der Waals surface area contributed by atoms with Gasteiger partial charge in [-0.1, -0.05) is 23.7 Å². The number of rotatable bonds is 7. The molecule has 2 fully saturated rings. The number of fused-ring (bicyclic) bond motifs is 4. The molecular formula is C25H28ClFN4O4. The fraction of sp³-hybridized carbons (Fsp3) is 0.440. The summed E-state index contributed by atoms with van der Waals surface area (Å²) in [5.41, 5.74) is 1.02. The molecular weight excluding hydrogens is 475 g/mol. The van der Waals surface area contributed by atoms with Crippen molar-refractivity contribution in [1.82, 2.24) is 15.1 Å². The van der Waals surface area contributed by atoms with Crippen molar-refractivity contribution >= 4 is 29.2 Å². The van der Waals surface area contributed by atoms with Gasteiger partial charge in [-0.15, -0.1) is 0 Å². The Morgan fingerprint density at radius 1 is 1.29 bits per heavy atom. The van der Waals surface area contributed by atoms with Gasteiger partial charge in [-0.25, -0.2) is 9.18 Å². The van der Waals surface area contributed by atoms with E-state index in [4.69, 9.17) is 16.3 Å². The van der Waals surface area contributed by atoms with Crippen LogP contribution in [0.5, 0.6) is 5.75 Å². The number of methoxy groups -OCH3 is 1. The molecule has 35 heavy (non-hydrogen) atoms. The van der Waals surface area contributed by atoms with E-state index in [1.165, 1.54) is 11.0 Å². The van der Waals surface area contributed by atoms with Crippen molar-refractivity contribution < 1.29 is 23.8 Å². The molecule has 2 aromatic rings. The standard InChI is InChI=1S/C25H28ClFN4O4/c1-25-13-17-16-11-18(26)19(27)12-20(16)29-21(17)22(14-4-3-5-15(32)10-14)31(25)24(34)30(23(25)33)8-6-28-7-9-35-2/h3-5,10-12,17,21-22,28-29,32H,6-9,13H2,1-2H3/t17?,21?,22-,25+/m1/s1. The van der Waals surface area contributed by atoms with Gasteiger partial charge >= 0.3 is 6.03 Å². The lowest BCUT2D eigenvalue weighted by Crippen LogP contribution is -2.58. The molecule has 0 spiro atoms. The van der Waals surface area contributed by atoms with Gasteiger partial charge in [0.25, 0.3) is 5.91 Å². The van der Waals surface area contributed by atoms with Crippen LogP contribution in [-0.4, -0.2) is 71.8 Å². The minimum Gasteiger partial charge on any atom is -0.508 e. The molecule has 2 saturated heterocycles. The van der Waals surface area contributed by atoms with Gasteiger partial charge in [-0.3, -0.25) is 9.69 Å². The summed E-state index contributed by atoms with van der Waals surface area (Å²) in [6.07, 6.45) is 0.368. The van der Waals surface area contributed by atoms with E-state index in [-0.39, 0.29) is 41.2 Å². The van der Waals surface area contributed by atoms with Gasteiger partial charge < -0.3 is 25.4 Å². The predicted octanol–water partition coefficient (Wildman–Crippen LogP) is 3.47. The van der Waals surface area contributed by atoms with Crippen LogP contribution in [0.4, 0.5) is 14.9 Å². The summed E-state index contributed by atoms with van der Waals surface area (Å²) < 4.78 is 19.3. The molecule has 0 aliphatic carbocycles. The molecule has 3 aliphatic rings. The molecule has 2 aromatic carbocycles. The molecule has 10 heteroatoms. The summed E-state index contributed by atoms with van der Waals surface area (Å²) >= 11 is 6.12. The first kappa shape index (κ1) is 23.8. The van der Waals surface area contributed by atoms with Gasteiger partial charge in [0.05, 0.1) is 23.7 Å². The predicted molar refractivity (Wildman–Crippen MR) is 129 cm³/mol. The van der Waals surface area contributed by atoms with Crippen LogP contribution in [0.25, 0.3) is 0 Å². The number of hydrogen-bond donors (Lipinski definition) is 3. The van der Waals surface area contributed by atoms with E-state index in [0.29, 0.717) is 37.4 Å². The number of imide groups is 1. The number of phenols is 1. The first-order valence-corrected chi connectivity index (χ1v) is 12.0. The van der Waals surface area contributed by atoms with E-state index in [9.17, 15) is 19.1 Å². The molecule has 0 aromatic heterocycles. The van der Waals surface area contributed by atoms with Crippen LogP contribution in [0.3, 0.4) is 0 Å². The number of nitrogens with one attached hydrogen (secondary N) is 2. The van der Waals surface area contributed by atoms with Crippen molar-refractivity contribution in [3.8, 4) is 5.75 Å². The Morgan fingerprint density at radius 3 is 2.83 bits per heavy atom. The van der Waals surface area contributed by atoms with E-state index in [1.54, 1.807) is 43.2 Å². The molecule has 5 rings (SSSR count). The van der Waals surface area contributed by atoms with Gasteiger partial charge in [-0.05, 0) is 48.7 Å². The summed E-state index contributed by atoms with van der Waals surface area (Å²) in [6, 6.07) is 8.42. The SMILES string of the molecule is COCCNCCN1C(=O)N2[C@H](c3cccc(O)c3)C3Nc4cc(F)c(Cl)cc4C3C[C@@]2(C)C1=O. The average molecular weight is 503 g/mol. The summed E-state index contributed by atoms with van der Waals surface area (Å²) in [6.45, 7) is 3.62. The Kier molecular flexibility index (Phi) is 6.11. The highest BCUT2D eigenvalue weighted by atomic mass is 35.5. The number of halogens is 2. The van der Waals surface area contributed by atoms with Crippen LogP contribution in [0, 0.1) is 5.82 Å². The Hall–Kier alpha value is -2.88. The van der Waals surface area contributed by atoms with Gasteiger partial charge in [0.1, 0.15) is 17.1 Å². The molecule has 0 radical (unpaired) electrons. The summed E-state index contributed by atoms with van der Waals surface area (Å²) in [5, 5.41) is 16.8. The quantitative estimate of drug-likeness (QED) is 0.396. The minimum atomic E-state index is -1.11. The molecule has 3 amide bonds. The van der Waals surface area contributed by atoms with Crippen molar-refractivity contribution in [3.05, 3.63) is 58.4 Å². The fourth-order valence-corrected chi connectivity index (χ4v) is 5.95. The maximum Gasteiger partial charge on any atom is 0.328 e. The second-order valence-corrected chi connectivity index (χ2v) is 9.91. The molecule has 186 valence electrons. The zero-order valence-electron chi connectivity index (χ0n) is 19.6. The van der Waals surface area contributed by atoms with E-state index < -0.39 is 17.4 Å². The molecule has 0 bridgehead atoms. The van der Waals surface area contributed by atoms with Crippen molar-refractivity contribution in [2.45, 2.75) is 36.9 Å². The number of aromatic hydroxyl groups is 1. The van der Waals surface area contributed by atoms with E-state index in [1.807, 2.05) is 6.07 Å². The highest BCUT2D eigenvalue weighted by Gasteiger charge is 2.63. The van der Waals surface area contributed by atoms with Crippen LogP contribution in [0.1, 0.15) is 36.4 Å². The van der Waals surface area contributed by atoms with Gasteiger partial charge in [0.15, 0.2) is 0 Å². The first-order valence-electron chi connectivity index (χ1n) is 11.7. The number of hydrogen-bond acceptors (Lipinski definition) is 6. The molecule has 3 aliphatic heterocycles. The summed E-state index contributed by atoms with van der Waals surface area (Å²) in [7, 11) is 1.61. The molecule has 3 heterocycles. The third-order valence-corrected chi connectivity index (χ3v) is 7.65. The first-order chi connectivity index (χ1) is 16.8. The zero-order valence-corrected chi connectivity index (χ0v) is 20.3. The monoisotopic (exact) mass is 502 g/mol. The second-order valence-electron chi connectivity index (χ2n) is 9.50. The maximum atomic E-state index is 14.3. The molecule has 3 N–H and O–H groups in total. The number of ether oxygens (including phenoxy) is 1. The number of anilines is 1. The van der Waals surface area contributed by atoms with Crippen LogP contribution in [-0.2, 0) is 9.53 Å². The van der Waals surface area contributed by atoms with E-state index in [2.05, 4.69) is 10.6 Å². The number of carbonyl (C=O) groups excluding carboxylic acids is 2. The summed E-state index contributed by atoms with van der Waals surface area (Å²) in [4.78, 5) is 30.4. The van der Waals surface area contributed by atoms with Crippen molar-refractivity contribution in [1.29, 1.82) is 0 Å². The lowest BCUT2D eigenvalue weighted by molar-refractivity contribution is -0.135. The maximum absolute atomic E-state index is 14.3. The van der Waals surface area contributed by atoms with Gasteiger partial charge in [0, 0.05) is 38.3 Å². The smallest absolute Gasteiger partial charge is 0.328 e.